The van der Waals surface area contributed by atoms with Crippen LogP contribution in [-0.2, 0) is 0 Å². The predicted molar refractivity (Wildman–Crippen MR) is 69.1 cm³/mol. The van der Waals surface area contributed by atoms with Crippen molar-refractivity contribution < 1.29 is 0 Å². The maximum Gasteiger partial charge on any atom is 0.273 e. The minimum atomic E-state index is -0.192. The zero-order chi connectivity index (χ0) is 12.4. The van der Waals surface area contributed by atoms with E-state index < -0.39 is 0 Å². The molecule has 0 atom stereocenters. The normalized spacial score (nSPS) is 10.3. The summed E-state index contributed by atoms with van der Waals surface area (Å²) >= 11 is 6.02. The molecule has 2 aromatic rings. The molecule has 0 amide bonds. The Kier molecular flexibility index (Phi) is 3.15. The van der Waals surface area contributed by atoms with E-state index in [0.717, 1.165) is 5.56 Å². The molecule has 0 aliphatic heterocycles. The minimum Gasteiger partial charge on any atom is -0.387 e. The van der Waals surface area contributed by atoms with Crippen molar-refractivity contribution in [3.63, 3.8) is 0 Å². The van der Waals surface area contributed by atoms with Gasteiger partial charge in [0, 0.05) is 18.1 Å². The van der Waals surface area contributed by atoms with E-state index in [4.69, 9.17) is 11.6 Å². The van der Waals surface area contributed by atoms with Gasteiger partial charge >= 0.3 is 0 Å². The van der Waals surface area contributed by atoms with Crippen molar-refractivity contribution in [1.29, 1.82) is 0 Å². The standard InChI is InChI=1S/C12H12ClN3O/c1-8-10(13)4-3-5-11(8)16-12(17)6-9(14-2)7-15-16/h3-7,14H,1-2H3. The maximum absolute atomic E-state index is 11.9. The first-order chi connectivity index (χ1) is 8.13. The van der Waals surface area contributed by atoms with Gasteiger partial charge in [0.05, 0.1) is 17.6 Å². The number of aromatic nitrogens is 2. The molecule has 88 valence electrons. The van der Waals surface area contributed by atoms with E-state index in [1.165, 1.54) is 10.7 Å². The summed E-state index contributed by atoms with van der Waals surface area (Å²) in [6.07, 6.45) is 1.60. The van der Waals surface area contributed by atoms with Crippen molar-refractivity contribution in [2.24, 2.45) is 0 Å². The van der Waals surface area contributed by atoms with Gasteiger partial charge in [0.1, 0.15) is 0 Å². The Labute approximate surface area is 104 Å². The van der Waals surface area contributed by atoms with E-state index in [1.807, 2.05) is 13.0 Å². The lowest BCUT2D eigenvalue weighted by Crippen LogP contribution is -2.21. The molecule has 1 heterocycles. The van der Waals surface area contributed by atoms with Gasteiger partial charge in [-0.25, -0.2) is 0 Å². The third kappa shape index (κ3) is 2.17. The highest BCUT2D eigenvalue weighted by atomic mass is 35.5. The number of hydrogen-bond donors (Lipinski definition) is 1. The lowest BCUT2D eigenvalue weighted by molar-refractivity contribution is 0.802. The summed E-state index contributed by atoms with van der Waals surface area (Å²) in [5.41, 5.74) is 2.03. The molecule has 4 nitrogen and oxygen atoms in total. The maximum atomic E-state index is 11.9. The largest absolute Gasteiger partial charge is 0.387 e. The second-order valence-electron chi connectivity index (χ2n) is 3.63. The molecule has 0 radical (unpaired) electrons. The van der Waals surface area contributed by atoms with E-state index in [-0.39, 0.29) is 5.56 Å². The summed E-state index contributed by atoms with van der Waals surface area (Å²) in [5.74, 6) is 0. The Bertz CT molecular complexity index is 607. The summed E-state index contributed by atoms with van der Waals surface area (Å²) in [6, 6.07) is 6.89. The molecule has 0 aliphatic carbocycles. The number of nitrogens with zero attached hydrogens (tertiary/aromatic N) is 2. The number of hydrogen-bond acceptors (Lipinski definition) is 3. The van der Waals surface area contributed by atoms with Crippen molar-refractivity contribution in [3.8, 4) is 5.69 Å². The molecule has 0 saturated carbocycles. The van der Waals surface area contributed by atoms with Gasteiger partial charge in [-0.05, 0) is 24.6 Å². The fourth-order valence-electron chi connectivity index (χ4n) is 1.55. The van der Waals surface area contributed by atoms with Crippen molar-refractivity contribution in [2.45, 2.75) is 6.92 Å². The Balaban J connectivity index is 2.61. The van der Waals surface area contributed by atoms with Gasteiger partial charge in [-0.15, -0.1) is 0 Å². The van der Waals surface area contributed by atoms with Crippen LogP contribution in [0.2, 0.25) is 5.02 Å². The number of benzene rings is 1. The number of rotatable bonds is 2. The van der Waals surface area contributed by atoms with Crippen LogP contribution in [0.4, 0.5) is 5.69 Å². The van der Waals surface area contributed by atoms with Gasteiger partial charge in [-0.2, -0.15) is 9.78 Å². The second-order valence-corrected chi connectivity index (χ2v) is 4.04. The molecule has 2 rings (SSSR count). The summed E-state index contributed by atoms with van der Waals surface area (Å²) in [7, 11) is 1.74. The van der Waals surface area contributed by atoms with Crippen LogP contribution in [-0.4, -0.2) is 16.8 Å². The zero-order valence-corrected chi connectivity index (χ0v) is 10.3. The molecular formula is C12H12ClN3O. The van der Waals surface area contributed by atoms with Crippen LogP contribution >= 0.6 is 11.6 Å². The first-order valence-electron chi connectivity index (χ1n) is 5.16. The molecule has 1 aromatic carbocycles. The molecule has 1 aromatic heterocycles. The molecule has 17 heavy (non-hydrogen) atoms. The quantitative estimate of drug-likeness (QED) is 0.888. The monoisotopic (exact) mass is 249 g/mol. The van der Waals surface area contributed by atoms with E-state index in [0.29, 0.717) is 16.4 Å². The molecule has 0 fully saturated rings. The van der Waals surface area contributed by atoms with Gasteiger partial charge in [0.2, 0.25) is 0 Å². The zero-order valence-electron chi connectivity index (χ0n) is 9.57. The van der Waals surface area contributed by atoms with Gasteiger partial charge < -0.3 is 5.32 Å². The van der Waals surface area contributed by atoms with Crippen LogP contribution in [0.5, 0.6) is 0 Å². The fourth-order valence-corrected chi connectivity index (χ4v) is 1.72. The smallest absolute Gasteiger partial charge is 0.273 e. The summed E-state index contributed by atoms with van der Waals surface area (Å²) < 4.78 is 1.34. The average molecular weight is 250 g/mol. The molecule has 0 saturated heterocycles. The van der Waals surface area contributed by atoms with Gasteiger partial charge in [0.15, 0.2) is 0 Å². The Morgan fingerprint density at radius 3 is 2.82 bits per heavy atom. The molecule has 0 spiro atoms. The van der Waals surface area contributed by atoms with E-state index >= 15 is 0 Å². The highest BCUT2D eigenvalue weighted by molar-refractivity contribution is 6.31. The van der Waals surface area contributed by atoms with E-state index in [9.17, 15) is 4.79 Å². The molecule has 0 aliphatic rings. The SMILES string of the molecule is CNc1cnn(-c2cccc(Cl)c2C)c(=O)c1. The van der Waals surface area contributed by atoms with E-state index in [2.05, 4.69) is 10.4 Å². The Hall–Kier alpha value is -1.81. The molecular weight excluding hydrogens is 238 g/mol. The van der Waals surface area contributed by atoms with Gasteiger partial charge in [0.25, 0.3) is 5.56 Å². The van der Waals surface area contributed by atoms with Crippen LogP contribution in [0, 0.1) is 6.92 Å². The first-order valence-corrected chi connectivity index (χ1v) is 5.54. The molecule has 0 unspecified atom stereocenters. The van der Waals surface area contributed by atoms with Gasteiger partial charge in [-0.1, -0.05) is 17.7 Å². The third-order valence-electron chi connectivity index (χ3n) is 2.56. The van der Waals surface area contributed by atoms with Gasteiger partial charge in [-0.3, -0.25) is 4.79 Å². The second kappa shape index (κ2) is 4.59. The molecule has 1 N–H and O–H groups in total. The third-order valence-corrected chi connectivity index (χ3v) is 2.97. The highest BCUT2D eigenvalue weighted by Gasteiger charge is 2.07. The number of halogens is 1. The molecule has 5 heteroatoms. The first kappa shape index (κ1) is 11.7. The van der Waals surface area contributed by atoms with Crippen LogP contribution in [0.3, 0.4) is 0 Å². The topological polar surface area (TPSA) is 46.9 Å². The Morgan fingerprint density at radius 1 is 1.41 bits per heavy atom. The Morgan fingerprint density at radius 2 is 2.18 bits per heavy atom. The van der Waals surface area contributed by atoms with Crippen LogP contribution < -0.4 is 10.9 Å². The van der Waals surface area contributed by atoms with Crippen molar-refractivity contribution in [2.75, 3.05) is 12.4 Å². The number of nitrogens with one attached hydrogen (secondary N) is 1. The highest BCUT2D eigenvalue weighted by Crippen LogP contribution is 2.20. The average Bonchev–Trinajstić information content (AvgIpc) is 2.33. The lowest BCUT2D eigenvalue weighted by Gasteiger charge is -2.09. The van der Waals surface area contributed by atoms with Crippen molar-refractivity contribution in [1.82, 2.24) is 9.78 Å². The summed E-state index contributed by atoms with van der Waals surface area (Å²) in [4.78, 5) is 11.9. The molecule has 0 bridgehead atoms. The van der Waals surface area contributed by atoms with Crippen molar-refractivity contribution >= 4 is 17.3 Å². The van der Waals surface area contributed by atoms with Crippen molar-refractivity contribution in [3.05, 3.63) is 51.4 Å². The fraction of sp³-hybridized carbons (Fsp3) is 0.167. The summed E-state index contributed by atoms with van der Waals surface area (Å²) in [5, 5.41) is 7.59. The summed E-state index contributed by atoms with van der Waals surface area (Å²) in [6.45, 7) is 1.86. The predicted octanol–water partition coefficient (Wildman–Crippen LogP) is 2.24. The van der Waals surface area contributed by atoms with Crippen LogP contribution in [0.1, 0.15) is 5.56 Å². The van der Waals surface area contributed by atoms with E-state index in [1.54, 1.807) is 25.4 Å². The lowest BCUT2D eigenvalue weighted by atomic mass is 10.2. The van der Waals surface area contributed by atoms with Crippen LogP contribution in [0.25, 0.3) is 5.69 Å². The number of anilines is 1. The van der Waals surface area contributed by atoms with Crippen LogP contribution in [0.15, 0.2) is 35.3 Å². The minimum absolute atomic E-state index is 0.192.